The van der Waals surface area contributed by atoms with Gasteiger partial charge in [-0.05, 0) is 24.3 Å². The van der Waals surface area contributed by atoms with Crippen LogP contribution in [0.2, 0.25) is 5.02 Å². The highest BCUT2D eigenvalue weighted by molar-refractivity contribution is 6.30. The minimum Gasteiger partial charge on any atom is -0.457 e. The van der Waals surface area contributed by atoms with E-state index in [0.717, 1.165) is 27.6 Å². The van der Waals surface area contributed by atoms with Crippen LogP contribution in [0.15, 0.2) is 59.1 Å². The van der Waals surface area contributed by atoms with Gasteiger partial charge in [-0.25, -0.2) is 4.85 Å². The van der Waals surface area contributed by atoms with E-state index in [2.05, 4.69) is 9.83 Å². The predicted octanol–water partition coefficient (Wildman–Crippen LogP) is 5.85. The second-order valence-corrected chi connectivity index (χ2v) is 5.34. The van der Waals surface area contributed by atoms with Gasteiger partial charge in [0.2, 0.25) is 0 Å². The Balaban J connectivity index is 2.10. The summed E-state index contributed by atoms with van der Waals surface area (Å²) in [4.78, 5) is 7.95. The van der Waals surface area contributed by atoms with Crippen LogP contribution in [0.5, 0.6) is 0 Å². The van der Waals surface area contributed by atoms with Crippen LogP contribution < -0.4 is 0 Å². The summed E-state index contributed by atoms with van der Waals surface area (Å²) < 4.78 is 5.99. The molecule has 4 aromatic rings. The summed E-state index contributed by atoms with van der Waals surface area (Å²) in [5, 5.41) is 2.37. The van der Waals surface area contributed by atoms with Crippen LogP contribution in [-0.2, 0) is 0 Å². The SMILES string of the molecule is [C-]#[N+]c1cccc2oc3c(-c4ccc(Cl)cn4)cccc3c12. The van der Waals surface area contributed by atoms with E-state index in [-0.39, 0.29) is 0 Å². The van der Waals surface area contributed by atoms with Crippen LogP contribution >= 0.6 is 11.6 Å². The zero-order valence-corrected chi connectivity index (χ0v) is 12.1. The van der Waals surface area contributed by atoms with Gasteiger partial charge in [-0.1, -0.05) is 35.9 Å². The number of furan rings is 1. The number of pyridine rings is 1. The van der Waals surface area contributed by atoms with Crippen LogP contribution in [0, 0.1) is 6.57 Å². The van der Waals surface area contributed by atoms with Gasteiger partial charge in [0, 0.05) is 22.5 Å². The number of rotatable bonds is 1. The van der Waals surface area contributed by atoms with Gasteiger partial charge >= 0.3 is 0 Å². The molecule has 0 spiro atoms. The van der Waals surface area contributed by atoms with E-state index in [1.54, 1.807) is 18.3 Å². The molecule has 4 rings (SSSR count). The first-order valence-corrected chi connectivity index (χ1v) is 7.09. The molecule has 2 heterocycles. The van der Waals surface area contributed by atoms with Gasteiger partial charge in [0.25, 0.3) is 0 Å². The zero-order valence-electron chi connectivity index (χ0n) is 11.4. The minimum absolute atomic E-state index is 0.593. The number of hydrogen-bond acceptors (Lipinski definition) is 2. The number of nitrogens with zero attached hydrogens (tertiary/aromatic N) is 2. The van der Waals surface area contributed by atoms with Crippen molar-refractivity contribution in [2.45, 2.75) is 0 Å². The third kappa shape index (κ3) is 1.86. The van der Waals surface area contributed by atoms with Gasteiger partial charge in [0.15, 0.2) is 5.69 Å². The number of fused-ring (bicyclic) bond motifs is 3. The molecule has 0 saturated heterocycles. The zero-order chi connectivity index (χ0) is 15.1. The predicted molar refractivity (Wildman–Crippen MR) is 88.2 cm³/mol. The van der Waals surface area contributed by atoms with Crippen molar-refractivity contribution in [1.29, 1.82) is 0 Å². The molecule has 2 aromatic carbocycles. The molecule has 3 nitrogen and oxygen atoms in total. The van der Waals surface area contributed by atoms with Gasteiger partial charge < -0.3 is 4.42 Å². The highest BCUT2D eigenvalue weighted by Crippen LogP contribution is 2.39. The Morgan fingerprint density at radius 2 is 1.91 bits per heavy atom. The summed E-state index contributed by atoms with van der Waals surface area (Å²) in [6.45, 7) is 7.34. The maximum atomic E-state index is 7.34. The Bertz CT molecular complexity index is 1040. The minimum atomic E-state index is 0.593. The molecule has 0 bridgehead atoms. The molecule has 0 unspecified atom stereocenters. The third-order valence-corrected chi connectivity index (χ3v) is 3.85. The fourth-order valence-corrected chi connectivity index (χ4v) is 2.77. The van der Waals surface area contributed by atoms with Crippen LogP contribution in [0.3, 0.4) is 0 Å². The van der Waals surface area contributed by atoms with Crippen molar-refractivity contribution >= 4 is 39.2 Å². The normalized spacial score (nSPS) is 10.9. The first-order chi connectivity index (χ1) is 10.8. The molecule has 0 aliphatic rings. The number of aromatic nitrogens is 1. The van der Waals surface area contributed by atoms with Gasteiger partial charge in [-0.2, -0.15) is 0 Å². The largest absolute Gasteiger partial charge is 0.457 e. The summed E-state index contributed by atoms with van der Waals surface area (Å²) in [5.41, 5.74) is 3.73. The Kier molecular flexibility index (Phi) is 2.85. The van der Waals surface area contributed by atoms with Crippen molar-refractivity contribution in [3.05, 3.63) is 71.2 Å². The van der Waals surface area contributed by atoms with Gasteiger partial charge in [-0.15, -0.1) is 0 Å². The van der Waals surface area contributed by atoms with Crippen molar-refractivity contribution in [3.8, 4) is 11.3 Å². The topological polar surface area (TPSA) is 30.4 Å². The maximum absolute atomic E-state index is 7.34. The van der Waals surface area contributed by atoms with E-state index in [1.165, 1.54) is 0 Å². The molecular weight excluding hydrogens is 296 g/mol. The molecule has 0 atom stereocenters. The number of hydrogen-bond donors (Lipinski definition) is 0. The van der Waals surface area contributed by atoms with Crippen molar-refractivity contribution in [2.75, 3.05) is 0 Å². The summed E-state index contributed by atoms with van der Waals surface area (Å²) in [5.74, 6) is 0. The molecule has 104 valence electrons. The molecular formula is C18H9ClN2O. The van der Waals surface area contributed by atoms with Gasteiger partial charge in [0.1, 0.15) is 11.2 Å². The molecule has 0 radical (unpaired) electrons. The lowest BCUT2D eigenvalue weighted by atomic mass is 10.1. The molecule has 0 saturated carbocycles. The quantitative estimate of drug-likeness (QED) is 0.413. The molecule has 22 heavy (non-hydrogen) atoms. The molecule has 0 N–H and O–H groups in total. The molecule has 0 fully saturated rings. The second kappa shape index (κ2) is 4.87. The molecule has 4 heteroatoms. The standard InChI is InChI=1S/C18H9ClN2O/c1-20-15-6-3-7-16-17(15)13-5-2-4-12(18(13)22-16)14-9-8-11(19)10-21-14/h2-10H. The lowest BCUT2D eigenvalue weighted by Gasteiger charge is -2.01. The molecule has 0 aliphatic heterocycles. The third-order valence-electron chi connectivity index (χ3n) is 3.62. The molecule has 0 amide bonds. The monoisotopic (exact) mass is 304 g/mol. The van der Waals surface area contributed by atoms with E-state index in [4.69, 9.17) is 22.6 Å². The number of para-hydroxylation sites is 1. The Morgan fingerprint density at radius 1 is 1.05 bits per heavy atom. The van der Waals surface area contributed by atoms with Crippen LogP contribution in [0.4, 0.5) is 5.69 Å². The summed E-state index contributed by atoms with van der Waals surface area (Å²) in [7, 11) is 0. The first-order valence-electron chi connectivity index (χ1n) is 6.71. The lowest BCUT2D eigenvalue weighted by Crippen LogP contribution is -1.83. The fraction of sp³-hybridized carbons (Fsp3) is 0. The number of halogens is 1. The Labute approximate surface area is 131 Å². The van der Waals surface area contributed by atoms with Crippen molar-refractivity contribution < 1.29 is 4.42 Å². The van der Waals surface area contributed by atoms with E-state index >= 15 is 0 Å². The summed E-state index contributed by atoms with van der Waals surface area (Å²) in [6, 6.07) is 15.0. The average molecular weight is 305 g/mol. The van der Waals surface area contributed by atoms with Crippen LogP contribution in [-0.4, -0.2) is 4.98 Å². The van der Waals surface area contributed by atoms with E-state index in [0.29, 0.717) is 16.3 Å². The summed E-state index contributed by atoms with van der Waals surface area (Å²) in [6.07, 6.45) is 1.61. The smallest absolute Gasteiger partial charge is 0.198 e. The van der Waals surface area contributed by atoms with E-state index in [9.17, 15) is 0 Å². The van der Waals surface area contributed by atoms with Crippen molar-refractivity contribution in [1.82, 2.24) is 4.98 Å². The van der Waals surface area contributed by atoms with E-state index < -0.39 is 0 Å². The number of benzene rings is 2. The van der Waals surface area contributed by atoms with Crippen molar-refractivity contribution in [2.24, 2.45) is 0 Å². The highest BCUT2D eigenvalue weighted by atomic mass is 35.5. The van der Waals surface area contributed by atoms with Crippen LogP contribution in [0.1, 0.15) is 0 Å². The second-order valence-electron chi connectivity index (χ2n) is 4.91. The van der Waals surface area contributed by atoms with Gasteiger partial charge in [0.05, 0.1) is 17.3 Å². The Hall–Kier alpha value is -2.83. The fourth-order valence-electron chi connectivity index (χ4n) is 2.66. The Morgan fingerprint density at radius 3 is 2.68 bits per heavy atom. The van der Waals surface area contributed by atoms with E-state index in [1.807, 2.05) is 36.4 Å². The van der Waals surface area contributed by atoms with Gasteiger partial charge in [-0.3, -0.25) is 4.98 Å². The molecule has 2 aromatic heterocycles. The lowest BCUT2D eigenvalue weighted by molar-refractivity contribution is 0.670. The van der Waals surface area contributed by atoms with Crippen LogP contribution in [0.25, 0.3) is 38.0 Å². The highest BCUT2D eigenvalue weighted by Gasteiger charge is 2.14. The maximum Gasteiger partial charge on any atom is 0.198 e. The average Bonchev–Trinajstić information content (AvgIpc) is 2.94. The molecule has 0 aliphatic carbocycles. The first kappa shape index (κ1) is 12.9. The van der Waals surface area contributed by atoms with Crippen molar-refractivity contribution in [3.63, 3.8) is 0 Å². The summed E-state index contributed by atoms with van der Waals surface area (Å²) >= 11 is 5.90.